The van der Waals surface area contributed by atoms with Crippen molar-refractivity contribution >= 4 is 11.6 Å². The Morgan fingerprint density at radius 1 is 1.59 bits per heavy atom. The van der Waals surface area contributed by atoms with Crippen LogP contribution >= 0.6 is 0 Å². The third-order valence-electron chi connectivity index (χ3n) is 2.18. The molecular weight excluding hydrogens is 220 g/mol. The summed E-state index contributed by atoms with van der Waals surface area (Å²) >= 11 is 0. The van der Waals surface area contributed by atoms with Gasteiger partial charge < -0.3 is 15.5 Å². The van der Waals surface area contributed by atoms with Crippen LogP contribution in [0.25, 0.3) is 0 Å². The van der Waals surface area contributed by atoms with Gasteiger partial charge in [-0.05, 0) is 19.4 Å². The fourth-order valence-corrected chi connectivity index (χ4v) is 1.32. The number of anilines is 1. The number of rotatable bonds is 7. The van der Waals surface area contributed by atoms with Gasteiger partial charge in [-0.2, -0.15) is 0 Å². The van der Waals surface area contributed by atoms with E-state index in [2.05, 4.69) is 15.7 Å². The van der Waals surface area contributed by atoms with Gasteiger partial charge in [0.25, 0.3) is 5.91 Å². The molecule has 0 radical (unpaired) electrons. The van der Waals surface area contributed by atoms with Crippen molar-refractivity contribution in [2.75, 3.05) is 25.2 Å². The molecule has 0 spiro atoms. The number of nitrogens with zero attached hydrogens (tertiary/aromatic N) is 1. The average Bonchev–Trinajstić information content (AvgIpc) is 2.38. The van der Waals surface area contributed by atoms with Gasteiger partial charge in [-0.15, -0.1) is 0 Å². The standard InChI is InChI=1S/C11H18N4O2/c1-2-17-7-3-5-14-11(16)9-8-13-6-4-10(9)15-12/h4,6,8H,2-3,5,7,12H2,1H3,(H,13,15)(H,14,16). The van der Waals surface area contributed by atoms with Crippen molar-refractivity contribution in [2.45, 2.75) is 13.3 Å². The molecule has 1 aromatic rings. The molecule has 0 bridgehead atoms. The first kappa shape index (κ1) is 13.4. The molecule has 0 fully saturated rings. The highest BCUT2D eigenvalue weighted by Gasteiger charge is 2.09. The maximum Gasteiger partial charge on any atom is 0.255 e. The minimum atomic E-state index is -0.192. The van der Waals surface area contributed by atoms with Gasteiger partial charge in [0.15, 0.2) is 0 Å². The second-order valence-corrected chi connectivity index (χ2v) is 3.37. The molecule has 0 aliphatic carbocycles. The van der Waals surface area contributed by atoms with Crippen LogP contribution in [0.4, 0.5) is 5.69 Å². The van der Waals surface area contributed by atoms with E-state index in [-0.39, 0.29) is 5.91 Å². The average molecular weight is 238 g/mol. The number of amides is 1. The Balaban J connectivity index is 2.41. The fourth-order valence-electron chi connectivity index (χ4n) is 1.32. The summed E-state index contributed by atoms with van der Waals surface area (Å²) in [4.78, 5) is 15.7. The molecule has 0 saturated heterocycles. The summed E-state index contributed by atoms with van der Waals surface area (Å²) in [5, 5.41) is 2.78. The van der Waals surface area contributed by atoms with Gasteiger partial charge in [0, 0.05) is 32.2 Å². The number of pyridine rings is 1. The molecule has 0 aliphatic rings. The molecule has 0 saturated carbocycles. The SMILES string of the molecule is CCOCCCNC(=O)c1cnccc1NN. The van der Waals surface area contributed by atoms with Crippen molar-refractivity contribution in [3.05, 3.63) is 24.0 Å². The number of hydrogen-bond donors (Lipinski definition) is 3. The van der Waals surface area contributed by atoms with Crippen molar-refractivity contribution < 1.29 is 9.53 Å². The van der Waals surface area contributed by atoms with E-state index >= 15 is 0 Å². The Bertz CT molecular complexity index is 357. The normalized spacial score (nSPS) is 10.0. The molecular formula is C11H18N4O2. The quantitative estimate of drug-likeness (QED) is 0.366. The number of carbonyl (C=O) groups is 1. The van der Waals surface area contributed by atoms with Crippen LogP contribution in [0.15, 0.2) is 18.5 Å². The van der Waals surface area contributed by atoms with E-state index in [1.165, 1.54) is 6.20 Å². The summed E-state index contributed by atoms with van der Waals surface area (Å²) in [6, 6.07) is 1.65. The first-order chi connectivity index (χ1) is 8.29. The zero-order chi connectivity index (χ0) is 12.5. The smallest absolute Gasteiger partial charge is 0.255 e. The molecule has 1 amide bonds. The summed E-state index contributed by atoms with van der Waals surface area (Å²) in [6.45, 7) is 3.84. The molecule has 0 aliphatic heterocycles. The number of ether oxygens (including phenoxy) is 1. The van der Waals surface area contributed by atoms with Crippen LogP contribution < -0.4 is 16.6 Å². The number of carbonyl (C=O) groups excluding carboxylic acids is 1. The lowest BCUT2D eigenvalue weighted by Gasteiger charge is -2.08. The molecule has 0 unspecified atom stereocenters. The van der Waals surface area contributed by atoms with Crippen LogP contribution in [-0.2, 0) is 4.74 Å². The zero-order valence-electron chi connectivity index (χ0n) is 9.90. The van der Waals surface area contributed by atoms with Gasteiger partial charge >= 0.3 is 0 Å². The van der Waals surface area contributed by atoms with E-state index in [0.29, 0.717) is 31.0 Å². The van der Waals surface area contributed by atoms with E-state index in [0.717, 1.165) is 6.42 Å². The number of aromatic nitrogens is 1. The molecule has 4 N–H and O–H groups in total. The van der Waals surface area contributed by atoms with Crippen LogP contribution in [0.1, 0.15) is 23.7 Å². The van der Waals surface area contributed by atoms with Crippen molar-refractivity contribution in [3.8, 4) is 0 Å². The Hall–Kier alpha value is -1.66. The van der Waals surface area contributed by atoms with E-state index in [9.17, 15) is 4.79 Å². The number of nitrogens with two attached hydrogens (primary N) is 1. The fraction of sp³-hybridized carbons (Fsp3) is 0.455. The molecule has 1 rings (SSSR count). The third kappa shape index (κ3) is 4.38. The zero-order valence-corrected chi connectivity index (χ0v) is 9.90. The molecule has 94 valence electrons. The number of nitrogens with one attached hydrogen (secondary N) is 2. The third-order valence-corrected chi connectivity index (χ3v) is 2.18. The Morgan fingerprint density at radius 3 is 3.12 bits per heavy atom. The summed E-state index contributed by atoms with van der Waals surface area (Å²) in [5.41, 5.74) is 3.46. The van der Waals surface area contributed by atoms with Crippen LogP contribution in [0.2, 0.25) is 0 Å². The summed E-state index contributed by atoms with van der Waals surface area (Å²) in [6.07, 6.45) is 3.83. The second kappa shape index (κ2) is 7.59. The van der Waals surface area contributed by atoms with Crippen molar-refractivity contribution in [1.29, 1.82) is 0 Å². The maximum atomic E-state index is 11.8. The minimum Gasteiger partial charge on any atom is -0.382 e. The number of hydrogen-bond acceptors (Lipinski definition) is 5. The van der Waals surface area contributed by atoms with E-state index in [1.807, 2.05) is 6.92 Å². The summed E-state index contributed by atoms with van der Waals surface area (Å²) in [5.74, 6) is 5.11. The Labute approximate surface area is 101 Å². The van der Waals surface area contributed by atoms with E-state index in [4.69, 9.17) is 10.6 Å². The van der Waals surface area contributed by atoms with Crippen molar-refractivity contribution in [1.82, 2.24) is 10.3 Å². The lowest BCUT2D eigenvalue weighted by Crippen LogP contribution is -2.27. The van der Waals surface area contributed by atoms with Gasteiger partial charge in [-0.3, -0.25) is 15.6 Å². The van der Waals surface area contributed by atoms with Crippen LogP contribution in [-0.4, -0.2) is 30.6 Å². The molecule has 6 nitrogen and oxygen atoms in total. The highest BCUT2D eigenvalue weighted by molar-refractivity contribution is 5.99. The van der Waals surface area contributed by atoms with Gasteiger partial charge in [0.1, 0.15) is 0 Å². The molecule has 0 aromatic carbocycles. The largest absolute Gasteiger partial charge is 0.382 e. The van der Waals surface area contributed by atoms with Crippen molar-refractivity contribution in [2.24, 2.45) is 5.84 Å². The monoisotopic (exact) mass is 238 g/mol. The molecule has 0 atom stereocenters. The van der Waals surface area contributed by atoms with Crippen LogP contribution in [0.3, 0.4) is 0 Å². The second-order valence-electron chi connectivity index (χ2n) is 3.37. The van der Waals surface area contributed by atoms with E-state index < -0.39 is 0 Å². The van der Waals surface area contributed by atoms with Crippen LogP contribution in [0, 0.1) is 0 Å². The predicted molar refractivity (Wildman–Crippen MR) is 65.5 cm³/mol. The molecule has 1 heterocycles. The van der Waals surface area contributed by atoms with Gasteiger partial charge in [0.2, 0.25) is 0 Å². The maximum absolute atomic E-state index is 11.8. The first-order valence-corrected chi connectivity index (χ1v) is 5.56. The van der Waals surface area contributed by atoms with Gasteiger partial charge in [-0.25, -0.2) is 0 Å². The molecule has 1 aromatic heterocycles. The predicted octanol–water partition coefficient (Wildman–Crippen LogP) is 0.524. The first-order valence-electron chi connectivity index (χ1n) is 5.56. The Morgan fingerprint density at radius 2 is 2.41 bits per heavy atom. The van der Waals surface area contributed by atoms with Gasteiger partial charge in [0.05, 0.1) is 11.3 Å². The lowest BCUT2D eigenvalue weighted by atomic mass is 10.2. The summed E-state index contributed by atoms with van der Waals surface area (Å²) in [7, 11) is 0. The Kier molecular flexibility index (Phi) is 5.98. The number of hydrazine groups is 1. The highest BCUT2D eigenvalue weighted by atomic mass is 16.5. The molecule has 17 heavy (non-hydrogen) atoms. The topological polar surface area (TPSA) is 89.3 Å². The summed E-state index contributed by atoms with van der Waals surface area (Å²) < 4.78 is 5.17. The van der Waals surface area contributed by atoms with E-state index in [1.54, 1.807) is 12.3 Å². The van der Waals surface area contributed by atoms with Crippen molar-refractivity contribution in [3.63, 3.8) is 0 Å². The lowest BCUT2D eigenvalue weighted by molar-refractivity contribution is 0.0944. The number of nitrogen functional groups attached to an aromatic ring is 1. The van der Waals surface area contributed by atoms with Gasteiger partial charge in [-0.1, -0.05) is 0 Å². The highest BCUT2D eigenvalue weighted by Crippen LogP contribution is 2.11. The van der Waals surface area contributed by atoms with Crippen LogP contribution in [0.5, 0.6) is 0 Å². The minimum absolute atomic E-state index is 0.192. The molecule has 6 heteroatoms.